The van der Waals surface area contributed by atoms with Gasteiger partial charge in [0.15, 0.2) is 0 Å². The highest BCUT2D eigenvalue weighted by atomic mass is 32.1. The Hall–Kier alpha value is -3.51. The van der Waals surface area contributed by atoms with E-state index in [-0.39, 0.29) is 0 Å². The first-order chi connectivity index (χ1) is 15.0. The molecule has 0 spiro atoms. The number of allylic oxidation sites excluding steroid dienone is 2. The lowest BCUT2D eigenvalue weighted by Crippen LogP contribution is -2.23. The van der Waals surface area contributed by atoms with Crippen molar-refractivity contribution in [1.29, 1.82) is 0 Å². The van der Waals surface area contributed by atoms with Crippen molar-refractivity contribution in [3.8, 4) is 22.0 Å². The number of H-pyrrole nitrogens is 2. The molecule has 0 amide bonds. The smallest absolute Gasteiger partial charge is 0.116 e. The average molecular weight is 428 g/mol. The fourth-order valence-corrected chi connectivity index (χ4v) is 4.06. The Bertz CT molecular complexity index is 1420. The van der Waals surface area contributed by atoms with E-state index in [9.17, 15) is 0 Å². The molecular weight excluding hydrogens is 402 g/mol. The molecule has 0 fully saturated rings. The lowest BCUT2D eigenvalue weighted by atomic mass is 10.1. The Balaban J connectivity index is 1.86. The molecule has 4 aromatic heterocycles. The molecule has 0 aliphatic carbocycles. The van der Waals surface area contributed by atoms with Gasteiger partial charge in [0.2, 0.25) is 0 Å². The second kappa shape index (κ2) is 8.70. The predicted molar refractivity (Wildman–Crippen MR) is 133 cm³/mol. The first-order valence-corrected chi connectivity index (χ1v) is 11.0. The molecule has 4 rings (SSSR count). The Morgan fingerprint density at radius 1 is 1.19 bits per heavy atom. The maximum Gasteiger partial charge on any atom is 0.116 e. The van der Waals surface area contributed by atoms with Crippen molar-refractivity contribution in [2.75, 3.05) is 0 Å². The number of thiophene rings is 1. The number of aromatic amines is 2. The largest absolute Gasteiger partial charge is 0.353 e. The summed E-state index contributed by atoms with van der Waals surface area (Å²) in [5.41, 5.74) is 6.72. The first-order valence-electron chi connectivity index (χ1n) is 10.1. The summed E-state index contributed by atoms with van der Waals surface area (Å²) in [5.74, 6) is 0. The van der Waals surface area contributed by atoms with E-state index in [1.165, 1.54) is 0 Å². The van der Waals surface area contributed by atoms with Gasteiger partial charge in [-0.25, -0.2) is 0 Å². The minimum Gasteiger partial charge on any atom is -0.353 e. The highest BCUT2D eigenvalue weighted by molar-refractivity contribution is 7.13. The molecule has 0 aliphatic heterocycles. The van der Waals surface area contributed by atoms with Gasteiger partial charge in [0, 0.05) is 34.2 Å². The summed E-state index contributed by atoms with van der Waals surface area (Å²) in [6.07, 6.45) is 7.77. The molecular formula is C25H25N5S. The van der Waals surface area contributed by atoms with Crippen molar-refractivity contribution in [3.63, 3.8) is 0 Å². The molecule has 0 aromatic carbocycles. The van der Waals surface area contributed by atoms with Gasteiger partial charge in [0.05, 0.1) is 21.6 Å². The van der Waals surface area contributed by atoms with Gasteiger partial charge in [-0.2, -0.15) is 5.10 Å². The number of rotatable bonds is 5. The van der Waals surface area contributed by atoms with Gasteiger partial charge >= 0.3 is 0 Å². The van der Waals surface area contributed by atoms with Crippen LogP contribution < -0.4 is 10.6 Å². The van der Waals surface area contributed by atoms with Crippen molar-refractivity contribution < 1.29 is 0 Å². The fraction of sp³-hybridized carbons (Fsp3) is 0.160. The molecule has 0 aliphatic rings. The zero-order chi connectivity index (χ0) is 22.0. The van der Waals surface area contributed by atoms with Crippen LogP contribution in [0.3, 0.4) is 0 Å². The molecule has 0 atom stereocenters. The standard InChI is InChI=1S/C25H25N5S/c1-6-20-18(12-16(4)17(5)14-27-15(2)3)24(30-29-20)22-13-19-21(28-22)9-10-26-25(19)23-8-7-11-31-23/h6-14,28-29H,4H2,1-3,5H3/b17-14+,18-12+,20-6+. The van der Waals surface area contributed by atoms with Gasteiger partial charge < -0.3 is 4.98 Å². The molecule has 4 aromatic rings. The van der Waals surface area contributed by atoms with Gasteiger partial charge in [-0.1, -0.05) is 18.7 Å². The molecule has 0 saturated carbocycles. The number of fused-ring (bicyclic) bond motifs is 1. The van der Waals surface area contributed by atoms with E-state index in [1.54, 1.807) is 11.3 Å². The van der Waals surface area contributed by atoms with Gasteiger partial charge in [0.1, 0.15) is 5.69 Å². The summed E-state index contributed by atoms with van der Waals surface area (Å²) in [4.78, 5) is 13.7. The van der Waals surface area contributed by atoms with Crippen LogP contribution in [0.2, 0.25) is 0 Å². The van der Waals surface area contributed by atoms with Crippen LogP contribution >= 0.6 is 11.3 Å². The van der Waals surface area contributed by atoms with Crippen molar-refractivity contribution in [2.45, 2.75) is 27.7 Å². The number of aromatic nitrogens is 4. The van der Waals surface area contributed by atoms with E-state index in [0.717, 1.165) is 60.3 Å². The minimum atomic E-state index is 0.852. The third-order valence-corrected chi connectivity index (χ3v) is 5.90. The number of hydrogen-bond donors (Lipinski definition) is 2. The maximum absolute atomic E-state index is 4.62. The van der Waals surface area contributed by atoms with Crippen LogP contribution in [0.1, 0.15) is 27.7 Å². The van der Waals surface area contributed by atoms with Crippen LogP contribution in [0.5, 0.6) is 0 Å². The zero-order valence-electron chi connectivity index (χ0n) is 18.2. The lowest BCUT2D eigenvalue weighted by molar-refractivity contribution is 1.06. The van der Waals surface area contributed by atoms with E-state index in [0.29, 0.717) is 0 Å². The van der Waals surface area contributed by atoms with E-state index >= 15 is 0 Å². The summed E-state index contributed by atoms with van der Waals surface area (Å²) in [7, 11) is 0. The van der Waals surface area contributed by atoms with E-state index < -0.39 is 0 Å². The Morgan fingerprint density at radius 3 is 2.74 bits per heavy atom. The molecule has 4 heterocycles. The second-order valence-electron chi connectivity index (χ2n) is 7.53. The van der Waals surface area contributed by atoms with Crippen LogP contribution in [0.25, 0.3) is 45.0 Å². The monoisotopic (exact) mass is 427 g/mol. The van der Waals surface area contributed by atoms with Crippen molar-refractivity contribution in [1.82, 2.24) is 20.2 Å². The van der Waals surface area contributed by atoms with Crippen LogP contribution in [0, 0.1) is 0 Å². The topological polar surface area (TPSA) is 69.7 Å². The molecule has 0 radical (unpaired) electrons. The van der Waals surface area contributed by atoms with Crippen LogP contribution in [-0.4, -0.2) is 25.9 Å². The van der Waals surface area contributed by atoms with E-state index in [1.807, 2.05) is 58.3 Å². The Kier molecular flexibility index (Phi) is 5.82. The zero-order valence-corrected chi connectivity index (χ0v) is 19.0. The molecule has 5 nitrogen and oxygen atoms in total. The molecule has 0 unspecified atom stereocenters. The van der Waals surface area contributed by atoms with E-state index in [2.05, 4.69) is 55.3 Å². The number of pyridine rings is 1. The van der Waals surface area contributed by atoms with Gasteiger partial charge in [-0.05, 0) is 68.5 Å². The van der Waals surface area contributed by atoms with Crippen LogP contribution in [0.15, 0.2) is 64.8 Å². The maximum atomic E-state index is 4.62. The highest BCUT2D eigenvalue weighted by Gasteiger charge is 2.13. The SMILES string of the molecule is C=C(/C=c1/c(-c2cc3c(-c4cccs4)nccc3[nH]2)n[nH]/c1=C/C)/C(C)=C/N=C(C)C. The van der Waals surface area contributed by atoms with Crippen molar-refractivity contribution >= 4 is 40.1 Å². The fourth-order valence-electron chi connectivity index (χ4n) is 3.32. The normalized spacial score (nSPS) is 13.2. The minimum absolute atomic E-state index is 0.852. The van der Waals surface area contributed by atoms with Crippen molar-refractivity contribution in [3.05, 3.63) is 70.3 Å². The van der Waals surface area contributed by atoms with E-state index in [4.69, 9.17) is 0 Å². The summed E-state index contributed by atoms with van der Waals surface area (Å²) >= 11 is 1.69. The summed E-state index contributed by atoms with van der Waals surface area (Å²) in [6.45, 7) is 12.2. The number of hydrogen-bond acceptors (Lipinski definition) is 4. The third-order valence-electron chi connectivity index (χ3n) is 5.02. The van der Waals surface area contributed by atoms with Crippen LogP contribution in [-0.2, 0) is 0 Å². The number of aliphatic imine (C=N–C) groups is 1. The highest BCUT2D eigenvalue weighted by Crippen LogP contribution is 2.31. The van der Waals surface area contributed by atoms with Crippen molar-refractivity contribution in [2.24, 2.45) is 4.99 Å². The molecule has 156 valence electrons. The van der Waals surface area contributed by atoms with Gasteiger partial charge in [-0.3, -0.25) is 15.1 Å². The molecule has 6 heteroatoms. The summed E-state index contributed by atoms with van der Waals surface area (Å²) in [6, 6.07) is 8.26. The number of nitrogens with zero attached hydrogens (tertiary/aromatic N) is 3. The first kappa shape index (κ1) is 20.8. The summed E-state index contributed by atoms with van der Waals surface area (Å²) in [5, 5.41) is 12.9. The van der Waals surface area contributed by atoms with Gasteiger partial charge in [0.25, 0.3) is 0 Å². The molecule has 31 heavy (non-hydrogen) atoms. The summed E-state index contributed by atoms with van der Waals surface area (Å²) < 4.78 is 0. The lowest BCUT2D eigenvalue weighted by Gasteiger charge is -1.99. The Labute approximate surface area is 185 Å². The average Bonchev–Trinajstić information content (AvgIpc) is 3.50. The Morgan fingerprint density at radius 2 is 2.03 bits per heavy atom. The molecule has 0 bridgehead atoms. The number of nitrogens with one attached hydrogen (secondary N) is 2. The second-order valence-corrected chi connectivity index (χ2v) is 8.48. The molecule has 0 saturated heterocycles. The van der Waals surface area contributed by atoms with Crippen LogP contribution in [0.4, 0.5) is 0 Å². The molecule has 2 N–H and O–H groups in total. The third kappa shape index (κ3) is 4.20. The quantitative estimate of drug-likeness (QED) is 0.339. The predicted octanol–water partition coefficient (Wildman–Crippen LogP) is 5.20. The van der Waals surface area contributed by atoms with Gasteiger partial charge in [-0.15, -0.1) is 11.3 Å².